The van der Waals surface area contributed by atoms with Crippen molar-refractivity contribution in [3.63, 3.8) is 0 Å². The summed E-state index contributed by atoms with van der Waals surface area (Å²) in [7, 11) is -3.67. The highest BCUT2D eigenvalue weighted by atomic mass is 35.5. The number of hydrogen-bond donors (Lipinski definition) is 8. The summed E-state index contributed by atoms with van der Waals surface area (Å²) in [6.07, 6.45) is 18.4. The number of para-hydroxylation sites is 4. The Morgan fingerprint density at radius 3 is 0.911 bits per heavy atom. The lowest BCUT2D eigenvalue weighted by molar-refractivity contribution is -0.0622. The molecule has 8 aliphatic heterocycles. The third-order valence-electron chi connectivity index (χ3n) is 27.2. The second-order valence-electron chi connectivity index (χ2n) is 39.4. The zero-order valence-electron chi connectivity index (χ0n) is 83.9. The molecule has 0 bridgehead atoms. The number of halogens is 4. The van der Waals surface area contributed by atoms with E-state index in [1.807, 2.05) is 146 Å². The van der Waals surface area contributed by atoms with Gasteiger partial charge >= 0.3 is 0 Å². The number of nitrogens with zero attached hydrogens (tertiary/aromatic N) is 16. The average molecular weight is 2140 g/mol. The molecular weight excluding hydrogens is 2020 g/mol. The van der Waals surface area contributed by atoms with Gasteiger partial charge in [-0.25, -0.2) is 19.9 Å². The van der Waals surface area contributed by atoms with Crippen LogP contribution in [0.4, 0.5) is 116 Å². The fourth-order valence-corrected chi connectivity index (χ4v) is 24.6. The number of methoxy groups -OCH3 is 4. The number of benzene rings is 4. The van der Waals surface area contributed by atoms with Gasteiger partial charge in [0.15, 0.2) is 23.3 Å². The summed E-state index contributed by atoms with van der Waals surface area (Å²) in [6.45, 7) is 27.2. The maximum absolute atomic E-state index is 12.8. The Labute approximate surface area is 871 Å². The number of nitrogens with one attached hydrogen (secondary N) is 8. The lowest BCUT2D eigenvalue weighted by Gasteiger charge is -2.52. The Hall–Kier alpha value is -11.5. The van der Waals surface area contributed by atoms with Crippen LogP contribution < -0.4 is 102 Å². The Kier molecular flexibility index (Phi) is 33.1. The number of anilines is 20. The summed E-state index contributed by atoms with van der Waals surface area (Å²) in [5.74, 6) is 8.21. The van der Waals surface area contributed by atoms with Crippen LogP contribution in [0.25, 0.3) is 0 Å². The number of rotatable bonds is 28. The van der Waals surface area contributed by atoms with E-state index in [-0.39, 0.29) is 16.4 Å². The highest BCUT2D eigenvalue weighted by Crippen LogP contribution is 2.49. The molecule has 12 aromatic rings. The summed E-state index contributed by atoms with van der Waals surface area (Å²) in [4.78, 5) is 63.6. The van der Waals surface area contributed by atoms with Gasteiger partial charge in [0.2, 0.25) is 47.3 Å². The van der Waals surface area contributed by atoms with Crippen molar-refractivity contribution in [2.75, 3.05) is 242 Å². The fraction of sp³-hybridized carbons (Fsp3) is 0.412. The van der Waals surface area contributed by atoms with E-state index in [4.69, 9.17) is 104 Å². The highest BCUT2D eigenvalue weighted by molar-refractivity contribution is 7.71. The van der Waals surface area contributed by atoms with Gasteiger partial charge in [0.05, 0.1) is 94.8 Å². The summed E-state index contributed by atoms with van der Waals surface area (Å²) in [5, 5.41) is 29.9. The molecule has 36 nitrogen and oxygen atoms in total. The number of pyridine rings is 4. The summed E-state index contributed by atoms with van der Waals surface area (Å²) >= 11 is 25.5. The van der Waals surface area contributed by atoms with E-state index >= 15 is 0 Å². The summed E-state index contributed by atoms with van der Waals surface area (Å²) in [6, 6.07) is 45.3. The minimum atomic E-state index is -2.51. The molecule has 146 heavy (non-hydrogen) atoms. The zero-order valence-corrected chi connectivity index (χ0v) is 90.5. The molecule has 4 aromatic carbocycles. The van der Waals surface area contributed by atoms with Crippen LogP contribution in [0.15, 0.2) is 170 Å². The number of hydrogen-bond acceptors (Lipinski definition) is 36. The maximum Gasteiger partial charge on any atom is 0.239 e. The lowest BCUT2D eigenvalue weighted by atomic mass is 9.73. The van der Waals surface area contributed by atoms with Gasteiger partial charge in [-0.2, -0.15) is 39.9 Å². The summed E-state index contributed by atoms with van der Waals surface area (Å²) < 4.78 is 96.4. The van der Waals surface area contributed by atoms with Crippen molar-refractivity contribution in [3.8, 4) is 23.5 Å². The lowest BCUT2D eigenvalue weighted by Crippen LogP contribution is -2.58. The first kappa shape index (κ1) is 106. The number of aromatic nitrogens is 12. The molecule has 4 spiro atoms. The molecular formula is C102H124Cl4N24O12P4. The fourth-order valence-electron chi connectivity index (χ4n) is 19.5. The van der Waals surface area contributed by atoms with Crippen molar-refractivity contribution in [2.45, 2.75) is 76.2 Å². The van der Waals surface area contributed by atoms with Crippen molar-refractivity contribution in [1.82, 2.24) is 59.8 Å². The molecule has 8 fully saturated rings. The van der Waals surface area contributed by atoms with Crippen LogP contribution in [-0.2, 0) is 37.2 Å². The predicted octanol–water partition coefficient (Wildman–Crippen LogP) is 20.5. The van der Waals surface area contributed by atoms with Crippen LogP contribution in [0.1, 0.15) is 70.6 Å². The first-order valence-corrected chi connectivity index (χ1v) is 60.4. The van der Waals surface area contributed by atoms with Crippen molar-refractivity contribution in [3.05, 3.63) is 190 Å². The molecule has 44 heteroatoms. The van der Waals surface area contributed by atoms with Crippen LogP contribution >= 0.6 is 75.0 Å². The van der Waals surface area contributed by atoms with Gasteiger partial charge in [0, 0.05) is 123 Å². The van der Waals surface area contributed by atoms with Gasteiger partial charge in [0.25, 0.3) is 0 Å². The molecule has 0 aliphatic carbocycles. The van der Waals surface area contributed by atoms with Crippen molar-refractivity contribution >= 4 is 212 Å². The Balaban J connectivity index is 0.000000133. The van der Waals surface area contributed by atoms with E-state index in [9.17, 15) is 18.3 Å². The molecule has 8 N–H and O–H groups in total. The molecule has 16 heterocycles. The third kappa shape index (κ3) is 25.7. The largest absolute Gasteiger partial charge is 0.479 e. The molecule has 0 radical (unpaired) electrons. The van der Waals surface area contributed by atoms with E-state index in [1.165, 1.54) is 37.6 Å². The zero-order chi connectivity index (χ0) is 103. The SMILES string of the molecule is COc1nc(N2CC3(CCOCC3)C2)ccc1Nc1ncc(Cl)c(Nc2ccccc2P(C)(C)=O)n1.COc1nc(N2CCC3(CCCCO3)C2)ccc1Nc1ncc(Cl)c(Nc2ccccc2P(C)(C)=O)n1.COc1nc(N2CCC3(CCCOC3)C2)ccc1Nc1ncc(Cl)c(Nc2ccccc2P(C)(C)=O)n1.COc1nc(N2CCC3(CCOC3)C2)ccc1Nc1ncc(Cl)c(Nc2ccccc2P(C)(C)=O)n1. The van der Waals surface area contributed by atoms with Crippen LogP contribution in [0.3, 0.4) is 0 Å². The second kappa shape index (κ2) is 45.7. The van der Waals surface area contributed by atoms with Crippen LogP contribution in [0, 0.1) is 16.2 Å². The minimum Gasteiger partial charge on any atom is -0.479 e. The molecule has 3 unspecified atom stereocenters. The van der Waals surface area contributed by atoms with Gasteiger partial charge in [-0.15, -0.1) is 0 Å². The first-order chi connectivity index (χ1) is 70.0. The monoisotopic (exact) mass is 2140 g/mol. The van der Waals surface area contributed by atoms with Gasteiger partial charge in [-0.1, -0.05) is 94.9 Å². The standard InChI is InChI=1S/2C26H32ClN6O3P.2C25H30ClN6O3P/c1-35-24-20(10-11-22(31-24)33-14-13-26(17-33)12-6-7-15-36-26)30-25-28-16-18(27)23(32-25)29-19-8-4-5-9-21(19)37(2,3)34;1-35-24-20(9-10-22(31-24)33-13-12-26(16-33)11-6-14-36-17-26)30-25-28-15-18(27)23(32-25)29-19-7-4-5-8-21(19)37(2,3)34;1-34-23-19(8-9-21(30-23)32-15-25(16-32)10-12-35-13-11-25)29-24-27-14-17(26)22(31-24)28-18-6-4-5-7-20(18)36(2,3)33;1-34-23-19(8-9-21(30-23)32-12-10-25(15-32)11-13-35-16-25)29-24-27-14-17(26)22(31-24)28-18-6-4-5-7-20(18)36(2,3)33/h4-5,8-11,16H,6-7,12-15,17H2,1-3H3,(H2,28,29,30,32);4-5,7-10,15H,6,11-14,16-17H2,1-3H3,(H2,28,29,30,32);2*4-9,14H,10-13,15-16H2,1-3H3,(H2,27,28,29,31). The maximum atomic E-state index is 12.8. The smallest absolute Gasteiger partial charge is 0.239 e. The molecule has 0 saturated carbocycles. The Morgan fingerprint density at radius 1 is 0.295 bits per heavy atom. The van der Waals surface area contributed by atoms with Crippen molar-refractivity contribution in [2.24, 2.45) is 16.2 Å². The molecule has 0 amide bonds. The van der Waals surface area contributed by atoms with Gasteiger partial charge < -0.3 is 118 Å². The van der Waals surface area contributed by atoms with Gasteiger partial charge in [-0.3, -0.25) is 0 Å². The Morgan fingerprint density at radius 2 is 0.596 bits per heavy atom. The third-order valence-corrected chi connectivity index (χ3v) is 34.5. The average Bonchev–Trinajstić information content (AvgIpc) is 0.986. The molecule has 8 aromatic heterocycles. The molecule has 772 valence electrons. The van der Waals surface area contributed by atoms with Gasteiger partial charge in [0.1, 0.15) is 94.7 Å². The van der Waals surface area contributed by atoms with E-state index in [0.717, 1.165) is 201 Å². The molecule has 8 aliphatic rings. The second-order valence-corrected chi connectivity index (χ2v) is 53.7. The van der Waals surface area contributed by atoms with E-state index in [0.29, 0.717) is 142 Å². The van der Waals surface area contributed by atoms with E-state index in [1.54, 1.807) is 81.8 Å². The topological polar surface area (TPSA) is 406 Å². The first-order valence-electron chi connectivity index (χ1n) is 48.5. The Bertz CT molecular complexity index is 6680. The van der Waals surface area contributed by atoms with Crippen molar-refractivity contribution in [1.29, 1.82) is 0 Å². The molecule has 3 atom stereocenters. The predicted molar refractivity (Wildman–Crippen MR) is 588 cm³/mol. The van der Waals surface area contributed by atoms with Crippen LogP contribution in [0.5, 0.6) is 23.5 Å². The van der Waals surface area contributed by atoms with E-state index < -0.39 is 28.6 Å². The van der Waals surface area contributed by atoms with E-state index in [2.05, 4.69) is 102 Å². The number of ether oxygens (including phenoxy) is 8. The quantitative estimate of drug-likeness (QED) is 0.0211. The van der Waals surface area contributed by atoms with Gasteiger partial charge in [-0.05, 0) is 221 Å². The molecule has 8 saturated heterocycles. The normalized spacial score (nSPS) is 19.0. The summed E-state index contributed by atoms with van der Waals surface area (Å²) in [5.41, 5.74) is 6.10. The highest BCUT2D eigenvalue weighted by Gasteiger charge is 2.47. The minimum absolute atomic E-state index is 0.0491. The molecule has 20 rings (SSSR count). The van der Waals surface area contributed by atoms with Crippen LogP contribution in [0.2, 0.25) is 20.1 Å². The van der Waals surface area contributed by atoms with Crippen molar-refractivity contribution < 1.29 is 56.2 Å². The van der Waals surface area contributed by atoms with Crippen LogP contribution in [-0.4, -0.2) is 246 Å².